The van der Waals surface area contributed by atoms with Crippen LogP contribution in [0.5, 0.6) is 0 Å². The van der Waals surface area contributed by atoms with Crippen LogP contribution in [0.15, 0.2) is 42.2 Å². The molecular formula is C26H26N8OS. The van der Waals surface area contributed by atoms with Crippen LogP contribution in [-0.4, -0.2) is 52.0 Å². The number of nitrogens with one attached hydrogen (secondary N) is 1. The molecule has 10 heteroatoms. The van der Waals surface area contributed by atoms with Crippen LogP contribution in [0.25, 0.3) is 33.8 Å². The van der Waals surface area contributed by atoms with E-state index in [1.165, 1.54) is 11.3 Å². The summed E-state index contributed by atoms with van der Waals surface area (Å²) < 4.78 is 4.20. The highest BCUT2D eigenvalue weighted by atomic mass is 32.1. The van der Waals surface area contributed by atoms with Crippen LogP contribution in [0.1, 0.15) is 43.1 Å². The van der Waals surface area contributed by atoms with Gasteiger partial charge in [-0.3, -0.25) is 9.78 Å². The molecule has 1 N–H and O–H groups in total. The van der Waals surface area contributed by atoms with E-state index in [-0.39, 0.29) is 5.91 Å². The third-order valence-corrected chi connectivity index (χ3v) is 7.86. The summed E-state index contributed by atoms with van der Waals surface area (Å²) in [6.07, 6.45) is 7.81. The van der Waals surface area contributed by atoms with E-state index in [4.69, 9.17) is 4.98 Å². The minimum absolute atomic E-state index is 0.139. The number of carbonyl (C=O) groups is 1. The highest BCUT2D eigenvalue weighted by Crippen LogP contribution is 2.41. The van der Waals surface area contributed by atoms with Crippen LogP contribution in [0, 0.1) is 0 Å². The Labute approximate surface area is 212 Å². The van der Waals surface area contributed by atoms with Crippen molar-refractivity contribution in [1.29, 1.82) is 0 Å². The third-order valence-electron chi connectivity index (χ3n) is 7.11. The molecule has 3 aromatic heterocycles. The van der Waals surface area contributed by atoms with Crippen molar-refractivity contribution >= 4 is 39.2 Å². The molecule has 5 heterocycles. The van der Waals surface area contributed by atoms with E-state index >= 15 is 0 Å². The minimum Gasteiger partial charge on any atom is -0.331 e. The smallest absolute Gasteiger partial charge is 0.271 e. The van der Waals surface area contributed by atoms with Crippen LogP contribution in [0.2, 0.25) is 0 Å². The Morgan fingerprint density at radius 2 is 1.89 bits per heavy atom. The topological polar surface area (TPSA) is 93.8 Å². The van der Waals surface area contributed by atoms with Gasteiger partial charge < -0.3 is 19.4 Å². The quantitative estimate of drug-likeness (QED) is 0.342. The number of carbonyl (C=O) groups excluding carboxylic acids is 1. The summed E-state index contributed by atoms with van der Waals surface area (Å²) in [6, 6.07) is 8.61. The fourth-order valence-corrected chi connectivity index (χ4v) is 5.85. The number of pyridine rings is 2. The second-order valence-electron chi connectivity index (χ2n) is 9.54. The molecule has 36 heavy (non-hydrogen) atoms. The van der Waals surface area contributed by atoms with Crippen molar-refractivity contribution in [3.63, 3.8) is 0 Å². The summed E-state index contributed by atoms with van der Waals surface area (Å²) in [7, 11) is 2.01. The summed E-state index contributed by atoms with van der Waals surface area (Å²) in [5.41, 5.74) is 4.88. The van der Waals surface area contributed by atoms with Crippen molar-refractivity contribution in [2.75, 3.05) is 5.32 Å². The predicted molar refractivity (Wildman–Crippen MR) is 140 cm³/mol. The minimum atomic E-state index is 0.139. The summed E-state index contributed by atoms with van der Waals surface area (Å²) in [5.74, 6) is 0.935. The van der Waals surface area contributed by atoms with Gasteiger partial charge in [0.1, 0.15) is 40.6 Å². The first kappa shape index (κ1) is 21.5. The number of anilines is 2. The number of aryl methyl sites for hydroxylation is 2. The summed E-state index contributed by atoms with van der Waals surface area (Å²) in [5, 5.41) is 7.17. The zero-order valence-electron chi connectivity index (χ0n) is 20.2. The molecule has 0 saturated heterocycles. The van der Waals surface area contributed by atoms with Gasteiger partial charge in [0.05, 0.1) is 5.69 Å². The third kappa shape index (κ3) is 3.39. The van der Waals surface area contributed by atoms with Gasteiger partial charge in [0, 0.05) is 42.6 Å². The van der Waals surface area contributed by atoms with Crippen molar-refractivity contribution in [3.8, 4) is 22.8 Å². The second-order valence-corrected chi connectivity index (χ2v) is 10.4. The molecule has 2 fully saturated rings. The number of thiazole rings is 1. The maximum Gasteiger partial charge on any atom is 0.271 e. The normalized spacial score (nSPS) is 15.6. The molecule has 0 unspecified atom stereocenters. The molecular weight excluding hydrogens is 472 g/mol. The van der Waals surface area contributed by atoms with E-state index in [0.29, 0.717) is 18.6 Å². The largest absolute Gasteiger partial charge is 0.331 e. The lowest BCUT2D eigenvalue weighted by atomic mass is 10.2. The van der Waals surface area contributed by atoms with Crippen LogP contribution >= 0.6 is 11.3 Å². The van der Waals surface area contributed by atoms with Gasteiger partial charge in [-0.25, -0.2) is 15.0 Å². The van der Waals surface area contributed by atoms with Crippen LogP contribution < -0.4 is 5.32 Å². The molecule has 182 valence electrons. The number of hydrogen-bond acceptors (Lipinski definition) is 7. The Bertz CT molecular complexity index is 1550. The van der Waals surface area contributed by atoms with Gasteiger partial charge in [-0.1, -0.05) is 6.07 Å². The molecule has 2 saturated carbocycles. The van der Waals surface area contributed by atoms with Crippen molar-refractivity contribution in [2.24, 2.45) is 7.05 Å². The van der Waals surface area contributed by atoms with Gasteiger partial charge in [0.15, 0.2) is 5.13 Å². The first-order valence-corrected chi connectivity index (χ1v) is 13.3. The average molecular weight is 499 g/mol. The summed E-state index contributed by atoms with van der Waals surface area (Å²) >= 11 is 1.52. The maximum absolute atomic E-state index is 13.8. The van der Waals surface area contributed by atoms with Crippen molar-refractivity contribution in [2.45, 2.75) is 51.2 Å². The lowest BCUT2D eigenvalue weighted by molar-refractivity contribution is 0.0719. The van der Waals surface area contributed by atoms with Crippen LogP contribution in [-0.2, 0) is 13.6 Å². The molecule has 1 amide bonds. The number of amides is 1. The SMILES string of the molecule is CCn1c(C(=O)N(C2CC2)C2CC2)cc2c3ncnc-3c(Nc3nc(-c4ccccn4)cs3)n(C)c21. The summed E-state index contributed by atoms with van der Waals surface area (Å²) in [6.45, 7) is 2.77. The van der Waals surface area contributed by atoms with E-state index in [1.807, 2.05) is 36.7 Å². The molecule has 9 nitrogen and oxygen atoms in total. The molecule has 0 aromatic carbocycles. The highest BCUT2D eigenvalue weighted by molar-refractivity contribution is 7.14. The zero-order valence-corrected chi connectivity index (χ0v) is 21.0. The number of fused-ring (bicyclic) bond motifs is 3. The number of rotatable bonds is 7. The fraction of sp³-hybridized carbons (Fsp3) is 0.346. The molecule has 0 atom stereocenters. The predicted octanol–water partition coefficient (Wildman–Crippen LogP) is 4.92. The molecule has 7 rings (SSSR count). The van der Waals surface area contributed by atoms with E-state index in [2.05, 4.69) is 41.2 Å². The fourth-order valence-electron chi connectivity index (χ4n) is 5.15. The Hall–Kier alpha value is -3.79. The van der Waals surface area contributed by atoms with Gasteiger partial charge in [-0.2, -0.15) is 0 Å². The molecule has 3 aromatic rings. The highest BCUT2D eigenvalue weighted by Gasteiger charge is 2.43. The monoisotopic (exact) mass is 498 g/mol. The van der Waals surface area contributed by atoms with Gasteiger partial charge >= 0.3 is 0 Å². The zero-order chi connectivity index (χ0) is 24.4. The van der Waals surface area contributed by atoms with Crippen molar-refractivity contribution < 1.29 is 4.79 Å². The maximum atomic E-state index is 13.8. The Morgan fingerprint density at radius 3 is 2.58 bits per heavy atom. The van der Waals surface area contributed by atoms with E-state index < -0.39 is 0 Å². The lowest BCUT2D eigenvalue weighted by Gasteiger charge is -2.23. The average Bonchev–Trinajstić information content (AvgIpc) is 3.77. The molecule has 2 aliphatic carbocycles. The van der Waals surface area contributed by atoms with E-state index in [9.17, 15) is 4.79 Å². The van der Waals surface area contributed by atoms with Crippen LogP contribution in [0.3, 0.4) is 0 Å². The number of hydrogen-bond donors (Lipinski definition) is 1. The first-order valence-electron chi connectivity index (χ1n) is 12.4. The van der Waals surface area contributed by atoms with Crippen molar-refractivity contribution in [3.05, 3.63) is 47.9 Å². The molecule has 0 spiro atoms. The van der Waals surface area contributed by atoms with Gasteiger partial charge in [-0.15, -0.1) is 11.3 Å². The molecule has 0 bridgehead atoms. The number of aromatic nitrogens is 6. The number of nitrogens with zero attached hydrogens (tertiary/aromatic N) is 7. The van der Waals surface area contributed by atoms with Crippen molar-refractivity contribution in [1.82, 2.24) is 34.0 Å². The Kier molecular flexibility index (Phi) is 4.85. The molecule has 0 radical (unpaired) electrons. The molecule has 4 aliphatic rings. The Morgan fingerprint density at radius 1 is 1.11 bits per heavy atom. The first-order chi connectivity index (χ1) is 17.6. The molecule has 2 aliphatic heterocycles. The Balaban J connectivity index is 1.33. The van der Waals surface area contributed by atoms with Gasteiger partial charge in [-0.05, 0) is 50.8 Å². The van der Waals surface area contributed by atoms with E-state index in [0.717, 1.165) is 76.1 Å². The second kappa shape index (κ2) is 8.12. The van der Waals surface area contributed by atoms with Crippen LogP contribution in [0.4, 0.5) is 10.9 Å². The van der Waals surface area contributed by atoms with Gasteiger partial charge in [0.2, 0.25) is 0 Å². The van der Waals surface area contributed by atoms with Gasteiger partial charge in [0.25, 0.3) is 5.91 Å². The number of imidazole rings is 1. The standard InChI is InChI=1S/C26H26N8OS/c1-3-33-20(25(35)34(15-7-8-15)16-9-10-16)12-17-21-22(29-14-28-21)23(32(2)24(17)33)31-26-30-19(13-36-26)18-6-4-5-11-27-18/h4-6,11-16H,3,7-10H2,1-2H3,(H,30,31). The van der Waals surface area contributed by atoms with E-state index in [1.54, 1.807) is 12.5 Å². The lowest BCUT2D eigenvalue weighted by Crippen LogP contribution is -2.36. The summed E-state index contributed by atoms with van der Waals surface area (Å²) in [4.78, 5) is 34.3.